The molecule has 0 bridgehead atoms. The number of nitrogen functional groups attached to an aromatic ring is 1. The van der Waals surface area contributed by atoms with E-state index in [1.807, 2.05) is 30.0 Å². The Kier molecular flexibility index (Phi) is 4.24. The Bertz CT molecular complexity index is 421. The van der Waals surface area contributed by atoms with Gasteiger partial charge >= 0.3 is 0 Å². The summed E-state index contributed by atoms with van der Waals surface area (Å²) in [6.07, 6.45) is 5.20. The van der Waals surface area contributed by atoms with Gasteiger partial charge in [0, 0.05) is 18.8 Å². The minimum absolute atomic E-state index is 0.215. The van der Waals surface area contributed by atoms with Gasteiger partial charge in [-0.3, -0.25) is 4.79 Å². The minimum Gasteiger partial charge on any atom is -0.398 e. The van der Waals surface area contributed by atoms with Crippen molar-refractivity contribution in [2.75, 3.05) is 18.8 Å². The zero-order chi connectivity index (χ0) is 13.0. The van der Waals surface area contributed by atoms with Gasteiger partial charge < -0.3 is 10.6 Å². The second-order valence-corrected chi connectivity index (χ2v) is 5.17. The van der Waals surface area contributed by atoms with Crippen molar-refractivity contribution in [1.82, 2.24) is 4.90 Å². The van der Waals surface area contributed by atoms with Crippen LogP contribution in [-0.4, -0.2) is 23.9 Å². The summed E-state index contributed by atoms with van der Waals surface area (Å²) in [7, 11) is 0. The third kappa shape index (κ3) is 3.25. The standard InChI is InChI=1S/C15H22N2O/c1-12-6-7-13(14(16)10-12)11-15(18)17-8-4-2-3-5-9-17/h6-7,10H,2-5,8-9,11,16H2,1H3. The zero-order valence-electron chi connectivity index (χ0n) is 11.1. The first-order valence-corrected chi connectivity index (χ1v) is 6.79. The van der Waals surface area contributed by atoms with Crippen LogP contribution in [0.5, 0.6) is 0 Å². The number of hydrogen-bond acceptors (Lipinski definition) is 2. The summed E-state index contributed by atoms with van der Waals surface area (Å²) in [6, 6.07) is 5.92. The second-order valence-electron chi connectivity index (χ2n) is 5.17. The van der Waals surface area contributed by atoms with Crippen molar-refractivity contribution in [3.05, 3.63) is 29.3 Å². The number of likely N-dealkylation sites (tertiary alicyclic amines) is 1. The van der Waals surface area contributed by atoms with E-state index in [2.05, 4.69) is 0 Å². The fourth-order valence-corrected chi connectivity index (χ4v) is 2.47. The Morgan fingerprint density at radius 1 is 1.22 bits per heavy atom. The lowest BCUT2D eigenvalue weighted by Crippen LogP contribution is -2.33. The predicted octanol–water partition coefficient (Wildman–Crippen LogP) is 2.52. The Labute approximate surface area is 109 Å². The number of carbonyl (C=O) groups is 1. The van der Waals surface area contributed by atoms with Crippen LogP contribution >= 0.6 is 0 Å². The molecule has 2 rings (SSSR count). The fourth-order valence-electron chi connectivity index (χ4n) is 2.47. The molecule has 3 nitrogen and oxygen atoms in total. The number of nitrogens with zero attached hydrogens (tertiary/aromatic N) is 1. The number of nitrogens with two attached hydrogens (primary N) is 1. The minimum atomic E-state index is 0.215. The summed E-state index contributed by atoms with van der Waals surface area (Å²) in [5.41, 5.74) is 8.78. The Morgan fingerprint density at radius 2 is 1.89 bits per heavy atom. The molecule has 1 fully saturated rings. The average Bonchev–Trinajstić information content (AvgIpc) is 2.61. The quantitative estimate of drug-likeness (QED) is 0.815. The van der Waals surface area contributed by atoms with Gasteiger partial charge in [-0.1, -0.05) is 25.0 Å². The summed E-state index contributed by atoms with van der Waals surface area (Å²) in [4.78, 5) is 14.2. The maximum absolute atomic E-state index is 12.2. The van der Waals surface area contributed by atoms with Crippen LogP contribution in [0.15, 0.2) is 18.2 Å². The van der Waals surface area contributed by atoms with Crippen LogP contribution in [0.1, 0.15) is 36.8 Å². The van der Waals surface area contributed by atoms with E-state index in [-0.39, 0.29) is 5.91 Å². The second kappa shape index (κ2) is 5.89. The zero-order valence-corrected chi connectivity index (χ0v) is 11.1. The van der Waals surface area contributed by atoms with Gasteiger partial charge in [0.1, 0.15) is 0 Å². The number of anilines is 1. The first-order valence-electron chi connectivity index (χ1n) is 6.79. The largest absolute Gasteiger partial charge is 0.398 e. The van der Waals surface area contributed by atoms with Gasteiger partial charge in [-0.05, 0) is 37.0 Å². The third-order valence-corrected chi connectivity index (χ3v) is 3.60. The van der Waals surface area contributed by atoms with E-state index >= 15 is 0 Å². The number of carbonyl (C=O) groups excluding carboxylic acids is 1. The molecule has 0 radical (unpaired) electrons. The van der Waals surface area contributed by atoms with E-state index in [9.17, 15) is 4.79 Å². The molecule has 3 heteroatoms. The molecule has 1 aromatic rings. The Morgan fingerprint density at radius 3 is 2.50 bits per heavy atom. The molecule has 0 spiro atoms. The van der Waals surface area contributed by atoms with E-state index < -0.39 is 0 Å². The van der Waals surface area contributed by atoms with E-state index in [4.69, 9.17) is 5.73 Å². The molecule has 1 heterocycles. The molecule has 0 atom stereocenters. The van der Waals surface area contributed by atoms with E-state index in [0.29, 0.717) is 6.42 Å². The van der Waals surface area contributed by atoms with Crippen LogP contribution < -0.4 is 5.73 Å². The van der Waals surface area contributed by atoms with Crippen LogP contribution in [0.2, 0.25) is 0 Å². The van der Waals surface area contributed by atoms with Gasteiger partial charge in [-0.15, -0.1) is 0 Å². The van der Waals surface area contributed by atoms with Crippen molar-refractivity contribution in [3.8, 4) is 0 Å². The van der Waals surface area contributed by atoms with Gasteiger partial charge in [-0.2, -0.15) is 0 Å². The number of amides is 1. The summed E-state index contributed by atoms with van der Waals surface area (Å²) in [5, 5.41) is 0. The summed E-state index contributed by atoms with van der Waals surface area (Å²) in [6.45, 7) is 3.83. The first kappa shape index (κ1) is 12.9. The first-order chi connectivity index (χ1) is 8.66. The molecule has 1 aliphatic heterocycles. The Hall–Kier alpha value is -1.51. The number of hydrogen-bond donors (Lipinski definition) is 1. The molecule has 1 aromatic carbocycles. The fraction of sp³-hybridized carbons (Fsp3) is 0.533. The van der Waals surface area contributed by atoms with Crippen LogP contribution in [-0.2, 0) is 11.2 Å². The highest BCUT2D eigenvalue weighted by Crippen LogP contribution is 2.17. The maximum atomic E-state index is 12.2. The lowest BCUT2D eigenvalue weighted by molar-refractivity contribution is -0.130. The monoisotopic (exact) mass is 246 g/mol. The number of rotatable bonds is 2. The van der Waals surface area contributed by atoms with Gasteiger partial charge in [-0.25, -0.2) is 0 Å². The molecule has 18 heavy (non-hydrogen) atoms. The molecule has 0 saturated carbocycles. The van der Waals surface area contributed by atoms with Crippen LogP contribution in [0.4, 0.5) is 5.69 Å². The normalized spacial score (nSPS) is 16.4. The topological polar surface area (TPSA) is 46.3 Å². The van der Waals surface area contributed by atoms with Gasteiger partial charge in [0.15, 0.2) is 0 Å². The number of aryl methyl sites for hydroxylation is 1. The number of benzene rings is 1. The predicted molar refractivity (Wildman–Crippen MR) is 74.3 cm³/mol. The molecular weight excluding hydrogens is 224 g/mol. The summed E-state index contributed by atoms with van der Waals surface area (Å²) < 4.78 is 0. The van der Waals surface area contributed by atoms with Gasteiger partial charge in [0.05, 0.1) is 6.42 Å². The average molecular weight is 246 g/mol. The van der Waals surface area contributed by atoms with Crippen molar-refractivity contribution in [1.29, 1.82) is 0 Å². The van der Waals surface area contributed by atoms with Crippen molar-refractivity contribution in [2.24, 2.45) is 0 Å². The third-order valence-electron chi connectivity index (χ3n) is 3.60. The van der Waals surface area contributed by atoms with Crippen molar-refractivity contribution < 1.29 is 4.79 Å². The maximum Gasteiger partial charge on any atom is 0.227 e. The Balaban J connectivity index is 2.01. The lowest BCUT2D eigenvalue weighted by atomic mass is 10.1. The highest BCUT2D eigenvalue weighted by Gasteiger charge is 2.16. The summed E-state index contributed by atoms with van der Waals surface area (Å²) in [5.74, 6) is 0.215. The molecule has 1 amide bonds. The van der Waals surface area contributed by atoms with Crippen LogP contribution in [0.3, 0.4) is 0 Å². The van der Waals surface area contributed by atoms with Crippen LogP contribution in [0, 0.1) is 6.92 Å². The lowest BCUT2D eigenvalue weighted by Gasteiger charge is -2.20. The van der Waals surface area contributed by atoms with Crippen LogP contribution in [0.25, 0.3) is 0 Å². The van der Waals surface area contributed by atoms with Gasteiger partial charge in [0.25, 0.3) is 0 Å². The van der Waals surface area contributed by atoms with E-state index in [1.165, 1.54) is 12.8 Å². The van der Waals surface area contributed by atoms with E-state index in [0.717, 1.165) is 42.7 Å². The molecule has 1 aliphatic rings. The molecule has 1 saturated heterocycles. The molecule has 0 aromatic heterocycles. The van der Waals surface area contributed by atoms with Crippen molar-refractivity contribution >= 4 is 11.6 Å². The van der Waals surface area contributed by atoms with E-state index in [1.54, 1.807) is 0 Å². The summed E-state index contributed by atoms with van der Waals surface area (Å²) >= 11 is 0. The highest BCUT2D eigenvalue weighted by atomic mass is 16.2. The smallest absolute Gasteiger partial charge is 0.227 e. The molecular formula is C15H22N2O. The SMILES string of the molecule is Cc1ccc(CC(=O)N2CCCCCC2)c(N)c1. The highest BCUT2D eigenvalue weighted by molar-refractivity contribution is 5.80. The van der Waals surface area contributed by atoms with Crippen molar-refractivity contribution in [2.45, 2.75) is 39.0 Å². The molecule has 0 unspecified atom stereocenters. The van der Waals surface area contributed by atoms with Crippen molar-refractivity contribution in [3.63, 3.8) is 0 Å². The molecule has 2 N–H and O–H groups in total. The molecule has 98 valence electrons. The molecule has 0 aliphatic carbocycles. The van der Waals surface area contributed by atoms with Gasteiger partial charge in [0.2, 0.25) is 5.91 Å².